The number of hydrogen-bond donors (Lipinski definition) is 0. The molecule has 0 aliphatic carbocycles. The second-order valence-corrected chi connectivity index (χ2v) is 14.5. The van der Waals surface area contributed by atoms with Gasteiger partial charge in [-0.15, -0.1) is 0 Å². The molecular formula is C32H27F3N2O6S2. The van der Waals surface area contributed by atoms with E-state index in [4.69, 9.17) is 0 Å². The van der Waals surface area contributed by atoms with E-state index in [1.807, 2.05) is 60.7 Å². The van der Waals surface area contributed by atoms with E-state index in [0.29, 0.717) is 10.7 Å². The highest BCUT2D eigenvalue weighted by atomic mass is 32.2. The minimum Gasteiger partial charge on any atom is -0.375 e. The average Bonchev–Trinajstić information content (AvgIpc) is 3.35. The molecule has 2 aliphatic rings. The number of halogens is 3. The maximum Gasteiger partial charge on any atom is 0.534 e. The number of nitrogens with zero attached hydrogens (tertiary/aromatic N) is 2. The van der Waals surface area contributed by atoms with Gasteiger partial charge in [-0.05, 0) is 48.7 Å². The molecule has 13 heteroatoms. The summed E-state index contributed by atoms with van der Waals surface area (Å²) in [4.78, 5) is 15.7. The van der Waals surface area contributed by atoms with Crippen LogP contribution in [0.5, 0.6) is 5.75 Å². The Kier molecular flexibility index (Phi) is 7.44. The van der Waals surface area contributed by atoms with Gasteiger partial charge in [0.15, 0.2) is 5.75 Å². The van der Waals surface area contributed by atoms with Gasteiger partial charge in [-0.3, -0.25) is 4.79 Å². The molecule has 1 saturated heterocycles. The summed E-state index contributed by atoms with van der Waals surface area (Å²) in [5.41, 5.74) is -4.45. The van der Waals surface area contributed by atoms with Gasteiger partial charge in [0, 0.05) is 18.0 Å². The van der Waals surface area contributed by atoms with Crippen molar-refractivity contribution in [2.24, 2.45) is 0 Å². The maximum absolute atomic E-state index is 14.2. The molecular weight excluding hydrogens is 629 g/mol. The molecule has 45 heavy (non-hydrogen) atoms. The van der Waals surface area contributed by atoms with Crippen LogP contribution >= 0.6 is 0 Å². The third-order valence-corrected chi connectivity index (χ3v) is 11.1. The molecule has 0 aromatic heterocycles. The average molecular weight is 657 g/mol. The lowest BCUT2D eigenvalue weighted by molar-refractivity contribution is -0.0500. The summed E-state index contributed by atoms with van der Waals surface area (Å²) >= 11 is 0. The van der Waals surface area contributed by atoms with Crippen LogP contribution in [0.4, 0.5) is 18.9 Å². The van der Waals surface area contributed by atoms with Gasteiger partial charge < -0.3 is 9.08 Å². The standard InChI is InChI=1S/C32H27F3N2O6S2/c1-22-15-17-26(18-16-22)44(39,40)37-20-25-19-31(23-9-4-2-5-10-23,24-11-6-3-7-12-24)21-36(25)27-13-8-14-28(29(27)30(37)38)43-45(41,42)32(33,34)35/h2-18,25H,19-21H2,1H3. The number of carbonyl (C=O) groups is 1. The first-order valence-electron chi connectivity index (χ1n) is 13.9. The van der Waals surface area contributed by atoms with Crippen molar-refractivity contribution in [2.45, 2.75) is 35.2 Å². The Morgan fingerprint density at radius 1 is 0.800 bits per heavy atom. The first-order valence-corrected chi connectivity index (χ1v) is 16.7. The van der Waals surface area contributed by atoms with E-state index < -0.39 is 54.3 Å². The molecule has 2 aliphatic heterocycles. The number of alkyl halides is 3. The van der Waals surface area contributed by atoms with E-state index in [9.17, 15) is 34.8 Å². The fourth-order valence-electron chi connectivity index (χ4n) is 6.19. The van der Waals surface area contributed by atoms with Crippen LogP contribution in [0.3, 0.4) is 0 Å². The fourth-order valence-corrected chi connectivity index (χ4v) is 8.08. The minimum atomic E-state index is -6.20. The minimum absolute atomic E-state index is 0.0650. The largest absolute Gasteiger partial charge is 0.534 e. The van der Waals surface area contributed by atoms with Crippen molar-refractivity contribution < 1.29 is 39.0 Å². The van der Waals surface area contributed by atoms with Crippen molar-refractivity contribution in [3.63, 3.8) is 0 Å². The third-order valence-electron chi connectivity index (χ3n) is 8.34. The van der Waals surface area contributed by atoms with Crippen LogP contribution in [0.1, 0.15) is 33.5 Å². The normalized spacial score (nSPS) is 18.2. The number of carbonyl (C=O) groups excluding carboxylic acids is 1. The number of fused-ring (bicyclic) bond motifs is 3. The Hall–Kier alpha value is -4.36. The molecule has 0 N–H and O–H groups in total. The van der Waals surface area contributed by atoms with E-state index in [1.165, 1.54) is 24.3 Å². The zero-order chi connectivity index (χ0) is 32.2. The van der Waals surface area contributed by atoms with Crippen LogP contribution in [-0.2, 0) is 25.6 Å². The summed E-state index contributed by atoms with van der Waals surface area (Å²) in [6.07, 6.45) is 0.333. The summed E-state index contributed by atoms with van der Waals surface area (Å²) in [5, 5.41) is 0. The Morgan fingerprint density at radius 2 is 1.38 bits per heavy atom. The summed E-state index contributed by atoms with van der Waals surface area (Å²) in [6.45, 7) is 1.62. The van der Waals surface area contributed by atoms with Crippen LogP contribution in [0.2, 0.25) is 0 Å². The number of sulfonamides is 1. The number of amides is 1. The Bertz CT molecular complexity index is 1930. The molecule has 4 aromatic rings. The van der Waals surface area contributed by atoms with Crippen molar-refractivity contribution in [1.82, 2.24) is 4.31 Å². The zero-order valence-corrected chi connectivity index (χ0v) is 25.4. The van der Waals surface area contributed by atoms with Gasteiger partial charge in [0.05, 0.1) is 17.1 Å². The first kappa shape index (κ1) is 30.7. The summed E-state index contributed by atoms with van der Waals surface area (Å²) in [6, 6.07) is 27.8. The fraction of sp³-hybridized carbons (Fsp3) is 0.219. The van der Waals surface area contributed by atoms with E-state index in [0.717, 1.165) is 22.8 Å². The lowest BCUT2D eigenvalue weighted by Crippen LogP contribution is -2.43. The van der Waals surface area contributed by atoms with Gasteiger partial charge in [0.1, 0.15) is 5.56 Å². The maximum atomic E-state index is 14.2. The monoisotopic (exact) mass is 656 g/mol. The van der Waals surface area contributed by atoms with Gasteiger partial charge >= 0.3 is 15.6 Å². The third kappa shape index (κ3) is 5.23. The molecule has 1 fully saturated rings. The quantitative estimate of drug-likeness (QED) is 0.196. The molecule has 6 rings (SSSR count). The van der Waals surface area contributed by atoms with Crippen molar-refractivity contribution in [3.05, 3.63) is 125 Å². The number of rotatable bonds is 6. The number of anilines is 1. The van der Waals surface area contributed by atoms with Crippen molar-refractivity contribution >= 4 is 31.7 Å². The van der Waals surface area contributed by atoms with Crippen LogP contribution in [0.15, 0.2) is 108 Å². The van der Waals surface area contributed by atoms with Crippen molar-refractivity contribution in [1.29, 1.82) is 0 Å². The molecule has 0 saturated carbocycles. The molecule has 4 aromatic carbocycles. The summed E-state index contributed by atoms with van der Waals surface area (Å²) in [7, 11) is -10.8. The highest BCUT2D eigenvalue weighted by Gasteiger charge is 2.53. The number of aryl methyl sites for hydroxylation is 1. The molecule has 1 atom stereocenters. The molecule has 8 nitrogen and oxygen atoms in total. The lowest BCUT2D eigenvalue weighted by atomic mass is 9.73. The van der Waals surface area contributed by atoms with Crippen LogP contribution in [-0.4, -0.2) is 51.7 Å². The van der Waals surface area contributed by atoms with Crippen molar-refractivity contribution in [3.8, 4) is 5.75 Å². The molecule has 2 heterocycles. The molecule has 234 valence electrons. The van der Waals surface area contributed by atoms with Gasteiger partial charge in [0.2, 0.25) is 0 Å². The van der Waals surface area contributed by atoms with E-state index in [2.05, 4.69) is 4.18 Å². The Labute approximate surface area is 258 Å². The van der Waals surface area contributed by atoms with Gasteiger partial charge in [0.25, 0.3) is 15.9 Å². The molecule has 1 amide bonds. The van der Waals surface area contributed by atoms with E-state index in [1.54, 1.807) is 24.0 Å². The highest BCUT2D eigenvalue weighted by molar-refractivity contribution is 7.89. The summed E-state index contributed by atoms with van der Waals surface area (Å²) < 4.78 is 97.8. The molecule has 0 radical (unpaired) electrons. The van der Waals surface area contributed by atoms with Crippen LogP contribution in [0, 0.1) is 6.92 Å². The van der Waals surface area contributed by atoms with Crippen LogP contribution in [0.25, 0.3) is 0 Å². The zero-order valence-electron chi connectivity index (χ0n) is 23.8. The van der Waals surface area contributed by atoms with Crippen LogP contribution < -0.4 is 9.08 Å². The Balaban J connectivity index is 1.57. The predicted octanol–water partition coefficient (Wildman–Crippen LogP) is 5.63. The summed E-state index contributed by atoms with van der Waals surface area (Å²) in [5.74, 6) is -2.12. The van der Waals surface area contributed by atoms with Gasteiger partial charge in [-0.1, -0.05) is 84.4 Å². The predicted molar refractivity (Wildman–Crippen MR) is 161 cm³/mol. The van der Waals surface area contributed by atoms with E-state index >= 15 is 0 Å². The number of hydrogen-bond acceptors (Lipinski definition) is 7. The lowest BCUT2D eigenvalue weighted by Gasteiger charge is -2.32. The first-order chi connectivity index (χ1) is 21.2. The second kappa shape index (κ2) is 10.9. The smallest absolute Gasteiger partial charge is 0.375 e. The van der Waals surface area contributed by atoms with Gasteiger partial charge in [-0.25, -0.2) is 12.7 Å². The highest BCUT2D eigenvalue weighted by Crippen LogP contribution is 2.49. The second-order valence-electron chi connectivity index (χ2n) is 11.1. The molecule has 0 bridgehead atoms. The van der Waals surface area contributed by atoms with Crippen molar-refractivity contribution in [2.75, 3.05) is 18.0 Å². The number of benzene rings is 4. The Morgan fingerprint density at radius 3 is 1.93 bits per heavy atom. The van der Waals surface area contributed by atoms with Gasteiger partial charge in [-0.2, -0.15) is 21.6 Å². The van der Waals surface area contributed by atoms with E-state index in [-0.39, 0.29) is 23.7 Å². The molecule has 0 spiro atoms. The molecule has 1 unspecified atom stereocenters. The SMILES string of the molecule is Cc1ccc(S(=O)(=O)N2CC3CC(c4ccccc4)(c4ccccc4)CN3c3cccc(OS(=O)(=O)C(F)(F)F)c3C2=O)cc1. The topological polar surface area (TPSA) is 101 Å².